The van der Waals surface area contributed by atoms with Gasteiger partial charge in [0, 0.05) is 31.4 Å². The Labute approximate surface area is 194 Å². The number of amides is 3. The van der Waals surface area contributed by atoms with Gasteiger partial charge in [0.2, 0.25) is 5.91 Å². The quantitative estimate of drug-likeness (QED) is 0.641. The van der Waals surface area contributed by atoms with Gasteiger partial charge in [-0.25, -0.2) is 4.68 Å². The summed E-state index contributed by atoms with van der Waals surface area (Å²) in [5.74, 6) is 0.222. The van der Waals surface area contributed by atoms with Crippen LogP contribution in [0.4, 0.5) is 0 Å². The molecule has 2 aliphatic rings. The highest BCUT2D eigenvalue weighted by atomic mass is 32.2. The van der Waals surface area contributed by atoms with Crippen molar-refractivity contribution < 1.29 is 14.4 Å². The number of amidine groups is 1. The maximum absolute atomic E-state index is 13.4. The highest BCUT2D eigenvalue weighted by molar-refractivity contribution is 8.15. The summed E-state index contributed by atoms with van der Waals surface area (Å²) < 4.78 is 3.64. The fraction of sp³-hybridized carbons (Fsp3) is 0.261. The van der Waals surface area contributed by atoms with Crippen LogP contribution in [0.25, 0.3) is 11.5 Å². The molecular formula is C23H22N6O3S. The van der Waals surface area contributed by atoms with Gasteiger partial charge in [0.05, 0.1) is 17.6 Å². The second-order valence-electron chi connectivity index (χ2n) is 7.88. The molecule has 33 heavy (non-hydrogen) atoms. The van der Waals surface area contributed by atoms with E-state index in [1.165, 1.54) is 11.8 Å². The van der Waals surface area contributed by atoms with E-state index in [1.807, 2.05) is 59.4 Å². The lowest BCUT2D eigenvalue weighted by Gasteiger charge is -2.30. The van der Waals surface area contributed by atoms with Crippen molar-refractivity contribution >= 4 is 34.7 Å². The predicted molar refractivity (Wildman–Crippen MR) is 125 cm³/mol. The Morgan fingerprint density at radius 2 is 1.79 bits per heavy atom. The number of likely N-dealkylation sites (tertiary alicyclic amines) is 1. The van der Waals surface area contributed by atoms with Gasteiger partial charge in [0.25, 0.3) is 11.8 Å². The fourth-order valence-corrected chi connectivity index (χ4v) is 4.73. The Bertz CT molecular complexity index is 1210. The molecule has 9 nitrogen and oxygen atoms in total. The molecule has 10 heteroatoms. The number of benzene rings is 1. The second kappa shape index (κ2) is 9.07. The van der Waals surface area contributed by atoms with Crippen LogP contribution in [0.15, 0.2) is 66.0 Å². The van der Waals surface area contributed by atoms with E-state index in [-0.39, 0.29) is 23.6 Å². The van der Waals surface area contributed by atoms with E-state index in [0.717, 1.165) is 5.69 Å². The maximum atomic E-state index is 13.4. The molecule has 2 aliphatic heterocycles. The summed E-state index contributed by atoms with van der Waals surface area (Å²) in [6, 6.07) is 13.5. The number of aliphatic imine (C=N–C) groups is 1. The zero-order valence-electron chi connectivity index (χ0n) is 17.8. The van der Waals surface area contributed by atoms with E-state index in [9.17, 15) is 14.4 Å². The van der Waals surface area contributed by atoms with Crippen molar-refractivity contribution in [2.75, 3.05) is 18.8 Å². The summed E-state index contributed by atoms with van der Waals surface area (Å²) in [6.45, 7) is 0.919. The number of hydrogen-bond donors (Lipinski definition) is 1. The van der Waals surface area contributed by atoms with Gasteiger partial charge in [-0.1, -0.05) is 30.0 Å². The van der Waals surface area contributed by atoms with Crippen molar-refractivity contribution in [1.82, 2.24) is 24.6 Å². The van der Waals surface area contributed by atoms with Crippen LogP contribution in [0.5, 0.6) is 0 Å². The average molecular weight is 463 g/mol. The van der Waals surface area contributed by atoms with Gasteiger partial charge in [-0.05, 0) is 37.1 Å². The van der Waals surface area contributed by atoms with E-state index < -0.39 is 0 Å². The van der Waals surface area contributed by atoms with Crippen molar-refractivity contribution in [2.45, 2.75) is 12.8 Å². The molecule has 0 saturated carbocycles. The molecule has 1 aromatic carbocycles. The molecular weight excluding hydrogens is 440 g/mol. The van der Waals surface area contributed by atoms with Gasteiger partial charge in [0.1, 0.15) is 5.56 Å². The number of nitrogens with zero attached hydrogens (tertiary/aromatic N) is 5. The third-order valence-electron chi connectivity index (χ3n) is 5.75. The molecule has 1 N–H and O–H groups in total. The zero-order valence-corrected chi connectivity index (χ0v) is 18.6. The van der Waals surface area contributed by atoms with E-state index in [2.05, 4.69) is 15.4 Å². The van der Waals surface area contributed by atoms with Crippen LogP contribution in [0, 0.1) is 5.92 Å². The van der Waals surface area contributed by atoms with E-state index in [1.54, 1.807) is 15.8 Å². The van der Waals surface area contributed by atoms with Crippen LogP contribution in [0.3, 0.4) is 0 Å². The molecule has 3 aromatic rings. The average Bonchev–Trinajstić information content (AvgIpc) is 3.60. The third kappa shape index (κ3) is 4.34. The number of para-hydroxylation sites is 1. The molecule has 0 atom stereocenters. The highest BCUT2D eigenvalue weighted by Gasteiger charge is 2.31. The summed E-state index contributed by atoms with van der Waals surface area (Å²) in [7, 11) is 0. The standard InChI is InChI=1S/C23H22N6O3S/c30-19-15-33-23(25-19)26-20(31)16-8-12-28(13-9-16)22(32)18-14-24-29(17-6-2-1-3-7-17)21(18)27-10-4-5-11-27/h1-7,10-11,14,16H,8-9,12-13,15H2,(H,25,26,30,31). The molecule has 0 bridgehead atoms. The van der Waals surface area contributed by atoms with E-state index in [0.29, 0.717) is 48.2 Å². The lowest BCUT2D eigenvalue weighted by Crippen LogP contribution is -2.40. The van der Waals surface area contributed by atoms with Crippen LogP contribution in [0.2, 0.25) is 0 Å². The zero-order chi connectivity index (χ0) is 22.8. The predicted octanol–water partition coefficient (Wildman–Crippen LogP) is 2.26. The monoisotopic (exact) mass is 462 g/mol. The van der Waals surface area contributed by atoms with Gasteiger partial charge in [-0.2, -0.15) is 10.1 Å². The molecule has 3 amide bonds. The first-order valence-corrected chi connectivity index (χ1v) is 11.7. The molecule has 2 saturated heterocycles. The summed E-state index contributed by atoms with van der Waals surface area (Å²) in [6.07, 6.45) is 6.44. The highest BCUT2D eigenvalue weighted by Crippen LogP contribution is 2.25. The van der Waals surface area contributed by atoms with Crippen LogP contribution >= 0.6 is 11.8 Å². The number of thioether (sulfide) groups is 1. The van der Waals surface area contributed by atoms with Gasteiger partial charge < -0.3 is 14.8 Å². The van der Waals surface area contributed by atoms with Crippen LogP contribution < -0.4 is 5.32 Å². The summed E-state index contributed by atoms with van der Waals surface area (Å²) >= 11 is 1.24. The van der Waals surface area contributed by atoms with Gasteiger partial charge >= 0.3 is 0 Å². The number of aromatic nitrogens is 3. The van der Waals surface area contributed by atoms with Crippen molar-refractivity contribution in [3.8, 4) is 11.5 Å². The smallest absolute Gasteiger partial charge is 0.259 e. The first-order chi connectivity index (χ1) is 16.1. The SMILES string of the molecule is O=C1CSC(=NC(=O)C2CCN(C(=O)c3cnn(-c4ccccc4)c3-n3cccc3)CC2)N1. The van der Waals surface area contributed by atoms with Crippen LogP contribution in [-0.2, 0) is 9.59 Å². The number of rotatable bonds is 4. The van der Waals surface area contributed by atoms with Crippen molar-refractivity contribution in [2.24, 2.45) is 10.9 Å². The molecule has 2 fully saturated rings. The fourth-order valence-electron chi connectivity index (χ4n) is 4.05. The Hall–Kier alpha value is -3.66. The molecule has 0 spiro atoms. The van der Waals surface area contributed by atoms with E-state index in [4.69, 9.17) is 0 Å². The normalized spacial score (nSPS) is 18.0. The minimum atomic E-state index is -0.254. The lowest BCUT2D eigenvalue weighted by atomic mass is 9.96. The molecule has 0 radical (unpaired) electrons. The Morgan fingerprint density at radius 3 is 2.45 bits per heavy atom. The lowest BCUT2D eigenvalue weighted by molar-refractivity contribution is -0.122. The number of nitrogens with one attached hydrogen (secondary N) is 1. The first kappa shape index (κ1) is 21.2. The Kier molecular flexibility index (Phi) is 5.82. The summed E-state index contributed by atoms with van der Waals surface area (Å²) in [5, 5.41) is 7.46. The van der Waals surface area contributed by atoms with Crippen molar-refractivity contribution in [1.29, 1.82) is 0 Å². The second-order valence-corrected chi connectivity index (χ2v) is 8.84. The molecule has 5 rings (SSSR count). The molecule has 4 heterocycles. The minimum Gasteiger partial charge on any atom is -0.338 e. The van der Waals surface area contributed by atoms with Crippen molar-refractivity contribution in [3.63, 3.8) is 0 Å². The molecule has 168 valence electrons. The maximum Gasteiger partial charge on any atom is 0.259 e. The van der Waals surface area contributed by atoms with Crippen molar-refractivity contribution in [3.05, 3.63) is 66.6 Å². The Morgan fingerprint density at radius 1 is 1.06 bits per heavy atom. The van der Waals surface area contributed by atoms with Gasteiger partial charge in [0.15, 0.2) is 11.0 Å². The first-order valence-electron chi connectivity index (χ1n) is 10.7. The largest absolute Gasteiger partial charge is 0.338 e. The van der Waals surface area contributed by atoms with Crippen LogP contribution in [0.1, 0.15) is 23.2 Å². The van der Waals surface area contributed by atoms with Gasteiger partial charge in [-0.15, -0.1) is 0 Å². The summed E-state index contributed by atoms with van der Waals surface area (Å²) in [4.78, 5) is 43.1. The third-order valence-corrected chi connectivity index (χ3v) is 6.63. The molecule has 0 unspecified atom stereocenters. The van der Waals surface area contributed by atoms with Gasteiger partial charge in [-0.3, -0.25) is 14.4 Å². The molecule has 0 aliphatic carbocycles. The number of piperidine rings is 1. The number of carbonyl (C=O) groups excluding carboxylic acids is 3. The van der Waals surface area contributed by atoms with E-state index >= 15 is 0 Å². The minimum absolute atomic E-state index is 0.114. The van der Waals surface area contributed by atoms with Crippen LogP contribution in [-0.4, -0.2) is 61.0 Å². The molecule has 2 aromatic heterocycles. The number of carbonyl (C=O) groups is 3. The topological polar surface area (TPSA) is 102 Å². The number of hydrogen-bond acceptors (Lipinski definition) is 5. The summed E-state index contributed by atoms with van der Waals surface area (Å²) in [5.41, 5.74) is 1.37. The Balaban J connectivity index is 1.33.